The Hall–Kier alpha value is -1.20. The van der Waals surface area contributed by atoms with E-state index in [4.69, 9.17) is 4.74 Å². The Balaban J connectivity index is 2.27. The predicted molar refractivity (Wildman–Crippen MR) is 78.9 cm³/mol. The highest BCUT2D eigenvalue weighted by Gasteiger charge is 2.32. The number of hydrogen-bond donors (Lipinski definition) is 1. The number of methoxy groups -OCH3 is 1. The van der Waals surface area contributed by atoms with Gasteiger partial charge in [0, 0.05) is 26.1 Å². The first kappa shape index (κ1) is 15.2. The lowest BCUT2D eigenvalue weighted by Gasteiger charge is -2.41. The Labute approximate surface area is 121 Å². The van der Waals surface area contributed by atoms with Crippen LogP contribution in [0.2, 0.25) is 0 Å². The molecule has 1 N–H and O–H groups in total. The van der Waals surface area contributed by atoms with Gasteiger partial charge in [0.05, 0.1) is 29.8 Å². The van der Waals surface area contributed by atoms with Gasteiger partial charge in [-0.3, -0.25) is 0 Å². The molecule has 1 unspecified atom stereocenters. The zero-order valence-corrected chi connectivity index (χ0v) is 12.9. The summed E-state index contributed by atoms with van der Waals surface area (Å²) in [6.45, 7) is 7.94. The molecule has 0 aromatic carbocycles. The van der Waals surface area contributed by atoms with Crippen molar-refractivity contribution >= 4 is 5.69 Å². The van der Waals surface area contributed by atoms with Crippen molar-refractivity contribution in [3.8, 4) is 0 Å². The second-order valence-corrected chi connectivity index (χ2v) is 6.05. The van der Waals surface area contributed by atoms with Crippen molar-refractivity contribution in [3.63, 3.8) is 0 Å². The van der Waals surface area contributed by atoms with Gasteiger partial charge in [-0.25, -0.2) is 9.97 Å². The molecule has 20 heavy (non-hydrogen) atoms. The highest BCUT2D eigenvalue weighted by molar-refractivity contribution is 5.49. The van der Waals surface area contributed by atoms with Crippen molar-refractivity contribution in [3.05, 3.63) is 17.7 Å². The maximum Gasteiger partial charge on any atom is 0.131 e. The van der Waals surface area contributed by atoms with Crippen LogP contribution < -0.4 is 4.90 Å². The summed E-state index contributed by atoms with van der Waals surface area (Å²) in [5.74, 6) is 1.05. The van der Waals surface area contributed by atoms with Crippen molar-refractivity contribution in [2.45, 2.75) is 51.7 Å². The molecular weight excluding hydrogens is 254 g/mol. The van der Waals surface area contributed by atoms with Gasteiger partial charge < -0.3 is 14.7 Å². The van der Waals surface area contributed by atoms with E-state index in [9.17, 15) is 5.11 Å². The Morgan fingerprint density at radius 1 is 1.50 bits per heavy atom. The summed E-state index contributed by atoms with van der Waals surface area (Å²) < 4.78 is 5.62. The van der Waals surface area contributed by atoms with Crippen LogP contribution in [0.1, 0.15) is 51.0 Å². The third-order valence-corrected chi connectivity index (χ3v) is 4.02. The quantitative estimate of drug-likeness (QED) is 0.914. The first-order valence-electron chi connectivity index (χ1n) is 7.26. The van der Waals surface area contributed by atoms with Crippen LogP contribution >= 0.6 is 0 Å². The van der Waals surface area contributed by atoms with Crippen molar-refractivity contribution in [1.29, 1.82) is 0 Å². The SMILES string of the molecule is COC1(C)CCCN(c2cnc(C(C)C)nc2CO)C1. The number of hydrogen-bond acceptors (Lipinski definition) is 5. The Morgan fingerprint density at radius 2 is 2.25 bits per heavy atom. The van der Waals surface area contributed by atoms with Crippen molar-refractivity contribution in [2.75, 3.05) is 25.1 Å². The maximum absolute atomic E-state index is 9.59. The number of ether oxygens (including phenoxy) is 1. The molecule has 1 saturated heterocycles. The number of aromatic nitrogens is 2. The van der Waals surface area contributed by atoms with E-state index >= 15 is 0 Å². The van der Waals surface area contributed by atoms with Gasteiger partial charge in [0.25, 0.3) is 0 Å². The molecule has 1 aliphatic heterocycles. The molecule has 0 amide bonds. The lowest BCUT2D eigenvalue weighted by Crippen LogP contribution is -2.47. The van der Waals surface area contributed by atoms with Gasteiger partial charge in [-0.1, -0.05) is 13.8 Å². The van der Waals surface area contributed by atoms with Crippen LogP contribution in [0.15, 0.2) is 6.20 Å². The molecule has 0 bridgehead atoms. The van der Waals surface area contributed by atoms with E-state index in [1.165, 1.54) is 0 Å². The normalized spacial score (nSPS) is 23.4. The number of piperidine rings is 1. The van der Waals surface area contributed by atoms with E-state index < -0.39 is 0 Å². The second kappa shape index (κ2) is 6.06. The van der Waals surface area contributed by atoms with Crippen LogP contribution in [-0.4, -0.2) is 40.9 Å². The van der Waals surface area contributed by atoms with Gasteiger partial charge in [-0.05, 0) is 19.8 Å². The average molecular weight is 279 g/mol. The minimum Gasteiger partial charge on any atom is -0.390 e. The summed E-state index contributed by atoms with van der Waals surface area (Å²) in [7, 11) is 1.76. The van der Waals surface area contributed by atoms with E-state index in [2.05, 4.69) is 35.6 Å². The van der Waals surface area contributed by atoms with E-state index in [0.717, 1.165) is 37.4 Å². The molecule has 112 valence electrons. The average Bonchev–Trinajstić information content (AvgIpc) is 2.46. The summed E-state index contributed by atoms with van der Waals surface area (Å²) >= 11 is 0. The summed E-state index contributed by atoms with van der Waals surface area (Å²) in [6.07, 6.45) is 3.97. The minimum atomic E-state index is -0.137. The van der Waals surface area contributed by atoms with Crippen LogP contribution in [-0.2, 0) is 11.3 Å². The third-order valence-electron chi connectivity index (χ3n) is 4.02. The van der Waals surface area contributed by atoms with Gasteiger partial charge in [0.1, 0.15) is 5.82 Å². The van der Waals surface area contributed by atoms with Crippen LogP contribution in [0, 0.1) is 0 Å². The monoisotopic (exact) mass is 279 g/mol. The molecule has 0 aliphatic carbocycles. The molecule has 2 heterocycles. The number of nitrogens with zero attached hydrogens (tertiary/aromatic N) is 3. The minimum absolute atomic E-state index is 0.0578. The second-order valence-electron chi connectivity index (χ2n) is 6.05. The largest absolute Gasteiger partial charge is 0.390 e. The lowest BCUT2D eigenvalue weighted by molar-refractivity contribution is -0.00475. The first-order chi connectivity index (χ1) is 9.49. The zero-order chi connectivity index (χ0) is 14.8. The van der Waals surface area contributed by atoms with Gasteiger partial charge in [0.2, 0.25) is 0 Å². The fourth-order valence-electron chi connectivity index (χ4n) is 2.66. The highest BCUT2D eigenvalue weighted by atomic mass is 16.5. The molecule has 5 nitrogen and oxygen atoms in total. The lowest BCUT2D eigenvalue weighted by atomic mass is 9.94. The van der Waals surface area contributed by atoms with Crippen molar-refractivity contribution in [2.24, 2.45) is 0 Å². The van der Waals surface area contributed by atoms with E-state index in [1.807, 2.05) is 6.20 Å². The first-order valence-corrected chi connectivity index (χ1v) is 7.26. The van der Waals surface area contributed by atoms with Gasteiger partial charge in [-0.2, -0.15) is 0 Å². The van der Waals surface area contributed by atoms with Gasteiger partial charge in [0.15, 0.2) is 0 Å². The molecule has 1 aromatic rings. The standard InChI is InChI=1S/C15H25N3O2/c1-11(2)14-16-8-13(12(9-19)17-14)18-7-5-6-15(3,10-18)20-4/h8,11,19H,5-7,9-10H2,1-4H3. The van der Waals surface area contributed by atoms with Crippen LogP contribution in [0.4, 0.5) is 5.69 Å². The predicted octanol–water partition coefficient (Wildman–Crippen LogP) is 2.10. The van der Waals surface area contributed by atoms with Crippen molar-refractivity contribution < 1.29 is 9.84 Å². The summed E-state index contributed by atoms with van der Waals surface area (Å²) in [5, 5.41) is 9.59. The fourth-order valence-corrected chi connectivity index (χ4v) is 2.66. The Bertz CT molecular complexity index is 464. The molecular formula is C15H25N3O2. The van der Waals surface area contributed by atoms with Gasteiger partial charge in [-0.15, -0.1) is 0 Å². The molecule has 5 heteroatoms. The third kappa shape index (κ3) is 3.10. The Morgan fingerprint density at radius 3 is 2.85 bits per heavy atom. The molecule has 0 saturated carbocycles. The fraction of sp³-hybridized carbons (Fsp3) is 0.733. The Kier molecular flexibility index (Phi) is 4.60. The summed E-state index contributed by atoms with van der Waals surface area (Å²) in [5.41, 5.74) is 1.51. The molecule has 1 aliphatic rings. The number of aliphatic hydroxyl groups is 1. The smallest absolute Gasteiger partial charge is 0.131 e. The maximum atomic E-state index is 9.59. The summed E-state index contributed by atoms with van der Waals surface area (Å²) in [6, 6.07) is 0. The molecule has 0 spiro atoms. The van der Waals surface area contributed by atoms with Crippen LogP contribution in [0.5, 0.6) is 0 Å². The van der Waals surface area contributed by atoms with Crippen LogP contribution in [0.25, 0.3) is 0 Å². The van der Waals surface area contributed by atoms with E-state index in [0.29, 0.717) is 5.69 Å². The molecule has 0 radical (unpaired) electrons. The number of aliphatic hydroxyl groups excluding tert-OH is 1. The highest BCUT2D eigenvalue weighted by Crippen LogP contribution is 2.29. The summed E-state index contributed by atoms with van der Waals surface area (Å²) in [4.78, 5) is 11.2. The number of anilines is 1. The van der Waals surface area contributed by atoms with E-state index in [-0.39, 0.29) is 18.1 Å². The molecule has 1 aromatic heterocycles. The van der Waals surface area contributed by atoms with E-state index in [1.54, 1.807) is 7.11 Å². The van der Waals surface area contributed by atoms with Crippen LogP contribution in [0.3, 0.4) is 0 Å². The van der Waals surface area contributed by atoms with Gasteiger partial charge >= 0.3 is 0 Å². The van der Waals surface area contributed by atoms with Crippen molar-refractivity contribution in [1.82, 2.24) is 9.97 Å². The molecule has 1 fully saturated rings. The molecule has 1 atom stereocenters. The zero-order valence-electron chi connectivity index (χ0n) is 12.9. The molecule has 2 rings (SSSR count). The topological polar surface area (TPSA) is 58.5 Å². The number of rotatable bonds is 4.